The number of nitrogens with zero attached hydrogens (tertiary/aromatic N) is 3. The number of anilines is 2. The molecule has 0 saturated carbocycles. The minimum atomic E-state index is -3.98. The van der Waals surface area contributed by atoms with Crippen LogP contribution in [-0.4, -0.2) is 71.6 Å². The summed E-state index contributed by atoms with van der Waals surface area (Å²) in [6, 6.07) is 4.20. The number of hydrogen-bond acceptors (Lipinski definition) is 9. The number of carbonyl (C=O) groups is 1. The van der Waals surface area contributed by atoms with Crippen LogP contribution >= 0.6 is 0 Å². The van der Waals surface area contributed by atoms with Crippen molar-refractivity contribution in [3.05, 3.63) is 36.7 Å². The lowest BCUT2D eigenvalue weighted by atomic mass is 9.92. The average Bonchev–Trinajstić information content (AvgIpc) is 2.71. The van der Waals surface area contributed by atoms with Crippen molar-refractivity contribution in [2.24, 2.45) is 0 Å². The Hall–Kier alpha value is -2.80. The van der Waals surface area contributed by atoms with Gasteiger partial charge in [0.1, 0.15) is 12.1 Å². The van der Waals surface area contributed by atoms with Gasteiger partial charge in [0.05, 0.1) is 31.0 Å². The lowest BCUT2D eigenvalue weighted by molar-refractivity contribution is -0.142. The Bertz CT molecular complexity index is 950. The molecule has 2 heterocycles. The topological polar surface area (TPSA) is 162 Å². The number of carbonyl (C=O) groups excluding carboxylic acids is 1. The summed E-state index contributed by atoms with van der Waals surface area (Å²) in [5, 5.41) is 28.5. The van der Waals surface area contributed by atoms with E-state index in [2.05, 4.69) is 14.7 Å². The summed E-state index contributed by atoms with van der Waals surface area (Å²) < 4.78 is 32.0. The fourth-order valence-electron chi connectivity index (χ4n) is 2.72. The number of methoxy groups -OCH3 is 1. The molecule has 2 aromatic rings. The van der Waals surface area contributed by atoms with E-state index in [1.54, 1.807) is 0 Å². The molecule has 1 saturated heterocycles. The first kappa shape index (κ1) is 19.9. The molecule has 4 N–H and O–H groups in total. The molecule has 2 unspecified atom stereocenters. The van der Waals surface area contributed by atoms with Crippen molar-refractivity contribution < 1.29 is 33.3 Å². The van der Waals surface area contributed by atoms with Crippen molar-refractivity contribution >= 4 is 27.6 Å². The van der Waals surface area contributed by atoms with Gasteiger partial charge in [0.2, 0.25) is 5.95 Å². The van der Waals surface area contributed by atoms with E-state index in [1.165, 1.54) is 43.8 Å². The van der Waals surface area contributed by atoms with E-state index in [1.807, 2.05) is 0 Å². The Balaban J connectivity index is 1.78. The van der Waals surface area contributed by atoms with Gasteiger partial charge < -0.3 is 25.0 Å². The summed E-state index contributed by atoms with van der Waals surface area (Å²) in [6.07, 6.45) is -0.146. The Morgan fingerprint density at radius 2 is 1.86 bits per heavy atom. The second-order valence-corrected chi connectivity index (χ2v) is 7.62. The largest absolute Gasteiger partial charge is 0.494 e. The summed E-state index contributed by atoms with van der Waals surface area (Å²) in [6.45, 7) is -0.635. The van der Waals surface area contributed by atoms with Crippen LogP contribution in [0.15, 0.2) is 41.6 Å². The quantitative estimate of drug-likeness (QED) is 0.407. The highest BCUT2D eigenvalue weighted by molar-refractivity contribution is 7.92. The zero-order valence-corrected chi connectivity index (χ0v) is 15.4. The Morgan fingerprint density at radius 3 is 2.39 bits per heavy atom. The van der Waals surface area contributed by atoms with Gasteiger partial charge in [-0.05, 0) is 24.3 Å². The summed E-state index contributed by atoms with van der Waals surface area (Å²) in [7, 11) is -2.55. The maximum absolute atomic E-state index is 12.4. The number of benzene rings is 1. The number of ether oxygens (including phenoxy) is 1. The highest BCUT2D eigenvalue weighted by atomic mass is 32.2. The van der Waals surface area contributed by atoms with Gasteiger partial charge in [0.25, 0.3) is 15.9 Å². The Labute approximate surface area is 160 Å². The third-order valence-corrected chi connectivity index (χ3v) is 5.55. The van der Waals surface area contributed by atoms with Crippen molar-refractivity contribution in [1.82, 2.24) is 9.97 Å². The number of β-lactam (4-membered cyclic amide) rings is 1. The molecule has 3 rings (SSSR count). The van der Waals surface area contributed by atoms with Crippen LogP contribution in [0, 0.1) is 0 Å². The minimum Gasteiger partial charge on any atom is -0.494 e. The minimum absolute atomic E-state index is 0.108. The molecule has 1 aromatic carbocycles. The van der Waals surface area contributed by atoms with Crippen LogP contribution in [0.1, 0.15) is 0 Å². The van der Waals surface area contributed by atoms with Crippen LogP contribution < -0.4 is 14.4 Å². The van der Waals surface area contributed by atoms with E-state index in [0.717, 1.165) is 4.90 Å². The number of aliphatic hydroxyl groups excluding tert-OH is 3. The highest BCUT2D eigenvalue weighted by Gasteiger charge is 2.50. The molecule has 0 aliphatic carbocycles. The Kier molecular flexibility index (Phi) is 5.47. The molecular weight excluding hydrogens is 392 g/mol. The monoisotopic (exact) mass is 410 g/mol. The third-order valence-electron chi connectivity index (χ3n) is 4.21. The van der Waals surface area contributed by atoms with Gasteiger partial charge in [-0.3, -0.25) is 4.79 Å². The van der Waals surface area contributed by atoms with Gasteiger partial charge in [-0.2, -0.15) is 0 Å². The summed E-state index contributed by atoms with van der Waals surface area (Å²) in [4.78, 5) is 20.5. The standard InChI is InChI=1S/C16H18N4O7S/c1-27-10-6-17-16(18-7-10)19-28(25,26)11-4-2-9(3-5-11)20-13(12(22)8-21)14(23)15(20)24/h2-7,12-14,21-23H,8H2,1H3,(H,17,18,19)/t12-,13?,14?/m0/s1. The Morgan fingerprint density at radius 1 is 1.25 bits per heavy atom. The van der Waals surface area contributed by atoms with Crippen molar-refractivity contribution in [3.63, 3.8) is 0 Å². The first-order chi connectivity index (χ1) is 13.3. The molecule has 11 nitrogen and oxygen atoms in total. The summed E-state index contributed by atoms with van der Waals surface area (Å²) in [5.41, 5.74) is 0.271. The molecule has 1 aliphatic rings. The number of rotatable bonds is 7. The van der Waals surface area contributed by atoms with Gasteiger partial charge in [-0.25, -0.2) is 23.1 Å². The fraction of sp³-hybridized carbons (Fsp3) is 0.312. The zero-order valence-electron chi connectivity index (χ0n) is 14.6. The van der Waals surface area contributed by atoms with Gasteiger partial charge >= 0.3 is 0 Å². The first-order valence-electron chi connectivity index (χ1n) is 8.07. The molecule has 3 atom stereocenters. The average molecular weight is 410 g/mol. The van der Waals surface area contributed by atoms with E-state index in [-0.39, 0.29) is 16.5 Å². The lowest BCUT2D eigenvalue weighted by Crippen LogP contribution is -2.70. The predicted octanol–water partition coefficient (Wildman–Crippen LogP) is -1.28. The normalized spacial score (nSPS) is 20.4. The lowest BCUT2D eigenvalue weighted by Gasteiger charge is -2.46. The molecule has 1 fully saturated rings. The van der Waals surface area contributed by atoms with Crippen molar-refractivity contribution in [1.29, 1.82) is 0 Å². The van der Waals surface area contributed by atoms with E-state index < -0.39 is 40.8 Å². The SMILES string of the molecule is COc1cnc(NS(=O)(=O)c2ccc(N3C(=O)C(O)C3[C@@H](O)CO)cc2)nc1. The third kappa shape index (κ3) is 3.62. The second kappa shape index (κ2) is 7.67. The number of aromatic nitrogens is 2. The van der Waals surface area contributed by atoms with Crippen LogP contribution in [0.5, 0.6) is 5.75 Å². The molecule has 1 amide bonds. The van der Waals surface area contributed by atoms with Crippen LogP contribution in [-0.2, 0) is 14.8 Å². The van der Waals surface area contributed by atoms with Gasteiger partial charge in [0.15, 0.2) is 11.9 Å². The molecule has 12 heteroatoms. The maximum atomic E-state index is 12.4. The van der Waals surface area contributed by atoms with Crippen LogP contribution in [0.2, 0.25) is 0 Å². The molecule has 1 aromatic heterocycles. The molecule has 28 heavy (non-hydrogen) atoms. The smallest absolute Gasteiger partial charge is 0.264 e. The maximum Gasteiger partial charge on any atom is 0.264 e. The number of sulfonamides is 1. The molecular formula is C16H18N4O7S. The number of hydrogen-bond donors (Lipinski definition) is 4. The van der Waals surface area contributed by atoms with Crippen LogP contribution in [0.25, 0.3) is 0 Å². The van der Waals surface area contributed by atoms with Crippen molar-refractivity contribution in [2.45, 2.75) is 23.1 Å². The van der Waals surface area contributed by atoms with E-state index in [9.17, 15) is 23.4 Å². The van der Waals surface area contributed by atoms with Gasteiger partial charge in [-0.1, -0.05) is 0 Å². The van der Waals surface area contributed by atoms with E-state index in [0.29, 0.717) is 5.75 Å². The van der Waals surface area contributed by atoms with Crippen molar-refractivity contribution in [3.8, 4) is 5.75 Å². The van der Waals surface area contributed by atoms with Crippen LogP contribution in [0.3, 0.4) is 0 Å². The van der Waals surface area contributed by atoms with E-state index in [4.69, 9.17) is 9.84 Å². The molecule has 0 bridgehead atoms. The van der Waals surface area contributed by atoms with Gasteiger partial charge in [-0.15, -0.1) is 0 Å². The first-order valence-corrected chi connectivity index (χ1v) is 9.56. The van der Waals surface area contributed by atoms with Crippen LogP contribution in [0.4, 0.5) is 11.6 Å². The zero-order chi connectivity index (χ0) is 20.5. The number of nitrogens with one attached hydrogen (secondary N) is 1. The number of aliphatic hydroxyl groups is 3. The van der Waals surface area contributed by atoms with Crippen molar-refractivity contribution in [2.75, 3.05) is 23.3 Å². The second-order valence-electron chi connectivity index (χ2n) is 5.94. The fourth-order valence-corrected chi connectivity index (χ4v) is 3.68. The van der Waals surface area contributed by atoms with Gasteiger partial charge in [0, 0.05) is 5.69 Å². The molecule has 1 aliphatic heterocycles. The molecule has 0 radical (unpaired) electrons. The van der Waals surface area contributed by atoms with E-state index >= 15 is 0 Å². The summed E-state index contributed by atoms with van der Waals surface area (Å²) >= 11 is 0. The molecule has 150 valence electrons. The highest BCUT2D eigenvalue weighted by Crippen LogP contribution is 2.31. The number of amides is 1. The summed E-state index contributed by atoms with van der Waals surface area (Å²) in [5.74, 6) is -0.428. The predicted molar refractivity (Wildman–Crippen MR) is 96.2 cm³/mol. The molecule has 0 spiro atoms.